The molecule has 4 nitrogen and oxygen atoms in total. The zero-order valence-electron chi connectivity index (χ0n) is 9.78. The number of benzene rings is 2. The van der Waals surface area contributed by atoms with Gasteiger partial charge in [-0.1, -0.05) is 30.0 Å². The van der Waals surface area contributed by atoms with E-state index < -0.39 is 5.97 Å². The zero-order chi connectivity index (χ0) is 13.7. The van der Waals surface area contributed by atoms with Gasteiger partial charge in [-0.3, -0.25) is 4.79 Å². The summed E-state index contributed by atoms with van der Waals surface area (Å²) < 4.78 is 4.85. The van der Waals surface area contributed by atoms with Gasteiger partial charge in [-0.2, -0.15) is 0 Å². The van der Waals surface area contributed by atoms with Gasteiger partial charge in [0.15, 0.2) is 0 Å². The van der Waals surface area contributed by atoms with E-state index in [0.29, 0.717) is 17.1 Å². The predicted octanol–water partition coefficient (Wildman–Crippen LogP) is 3.07. The number of hydrogen-bond acceptors (Lipinski definition) is 4. The van der Waals surface area contributed by atoms with E-state index in [2.05, 4.69) is 0 Å². The maximum Gasteiger partial charge on any atom is 0.335 e. The standard InChI is InChI=1S/C14H10O4S/c15-9-18-12-7-6-10(14(16)17)8-13(12)19-11-4-2-1-3-5-11/h1-9H,(H,16,17). The topological polar surface area (TPSA) is 63.6 Å². The van der Waals surface area contributed by atoms with Gasteiger partial charge in [-0.25, -0.2) is 4.79 Å². The lowest BCUT2D eigenvalue weighted by Crippen LogP contribution is -1.98. The Hall–Kier alpha value is -2.27. The average molecular weight is 274 g/mol. The average Bonchev–Trinajstić information content (AvgIpc) is 2.42. The molecule has 0 saturated carbocycles. The van der Waals surface area contributed by atoms with Gasteiger partial charge in [0, 0.05) is 4.90 Å². The van der Waals surface area contributed by atoms with Gasteiger partial charge in [0.25, 0.3) is 6.47 Å². The van der Waals surface area contributed by atoms with Crippen LogP contribution < -0.4 is 4.74 Å². The number of carbonyl (C=O) groups excluding carboxylic acids is 1. The summed E-state index contributed by atoms with van der Waals surface area (Å²) in [5.74, 6) is -0.679. The molecule has 0 aliphatic carbocycles. The zero-order valence-corrected chi connectivity index (χ0v) is 10.6. The van der Waals surface area contributed by atoms with Crippen LogP contribution in [0.15, 0.2) is 58.3 Å². The van der Waals surface area contributed by atoms with E-state index in [-0.39, 0.29) is 5.56 Å². The molecule has 0 saturated heterocycles. The second-order valence-corrected chi connectivity index (χ2v) is 4.71. The molecule has 2 aromatic rings. The molecule has 0 aliphatic heterocycles. The summed E-state index contributed by atoms with van der Waals surface area (Å²) in [6.45, 7) is 0.324. The van der Waals surface area contributed by atoms with Gasteiger partial charge in [-0.05, 0) is 30.3 Å². The molecule has 2 aromatic carbocycles. The second kappa shape index (κ2) is 6.06. The van der Waals surface area contributed by atoms with Crippen LogP contribution in [0.3, 0.4) is 0 Å². The molecule has 0 aromatic heterocycles. The summed E-state index contributed by atoms with van der Waals surface area (Å²) in [6, 6.07) is 13.8. The molecule has 0 bridgehead atoms. The Morgan fingerprint density at radius 3 is 2.53 bits per heavy atom. The first-order valence-corrected chi connectivity index (χ1v) is 6.23. The van der Waals surface area contributed by atoms with Crippen molar-refractivity contribution in [3.05, 3.63) is 54.1 Å². The third kappa shape index (κ3) is 3.35. The molecule has 0 unspecified atom stereocenters. The SMILES string of the molecule is O=COc1ccc(C(=O)O)cc1Sc1ccccc1. The van der Waals surface area contributed by atoms with Crippen molar-refractivity contribution in [1.29, 1.82) is 0 Å². The van der Waals surface area contributed by atoms with Crippen molar-refractivity contribution >= 4 is 24.2 Å². The maximum atomic E-state index is 11.0. The Labute approximate surface area is 114 Å². The Kier molecular flexibility index (Phi) is 4.20. The Morgan fingerprint density at radius 1 is 1.16 bits per heavy atom. The van der Waals surface area contributed by atoms with Crippen LogP contribution in [0.4, 0.5) is 0 Å². The summed E-state index contributed by atoms with van der Waals surface area (Å²) in [7, 11) is 0. The first kappa shape index (κ1) is 13.2. The smallest absolute Gasteiger partial charge is 0.335 e. The van der Waals surface area contributed by atoms with E-state index in [1.807, 2.05) is 30.3 Å². The lowest BCUT2D eigenvalue weighted by atomic mass is 10.2. The van der Waals surface area contributed by atoms with Gasteiger partial charge in [0.2, 0.25) is 0 Å². The second-order valence-electron chi connectivity index (χ2n) is 3.60. The van der Waals surface area contributed by atoms with Crippen molar-refractivity contribution in [2.75, 3.05) is 0 Å². The molecule has 0 aliphatic rings. The lowest BCUT2D eigenvalue weighted by molar-refractivity contribution is -0.120. The van der Waals surface area contributed by atoms with Crippen LogP contribution in [0.5, 0.6) is 5.75 Å². The van der Waals surface area contributed by atoms with Gasteiger partial charge < -0.3 is 9.84 Å². The number of aromatic carboxylic acids is 1. The number of rotatable bonds is 5. The molecule has 19 heavy (non-hydrogen) atoms. The summed E-state index contributed by atoms with van der Waals surface area (Å²) in [5, 5.41) is 8.98. The van der Waals surface area contributed by atoms with Gasteiger partial charge in [0.1, 0.15) is 5.75 Å². The minimum atomic E-state index is -1.02. The van der Waals surface area contributed by atoms with Crippen molar-refractivity contribution in [2.45, 2.75) is 9.79 Å². The van der Waals surface area contributed by atoms with Crippen molar-refractivity contribution in [1.82, 2.24) is 0 Å². The molecule has 0 atom stereocenters. The Balaban J connectivity index is 2.37. The predicted molar refractivity (Wildman–Crippen MR) is 70.7 cm³/mol. The quantitative estimate of drug-likeness (QED) is 0.849. The molecule has 5 heteroatoms. The normalized spacial score (nSPS) is 9.89. The minimum absolute atomic E-state index is 0.150. The molecule has 2 rings (SSSR count). The highest BCUT2D eigenvalue weighted by atomic mass is 32.2. The van der Waals surface area contributed by atoms with Gasteiger partial charge >= 0.3 is 5.97 Å². The Bertz CT molecular complexity index is 596. The van der Waals surface area contributed by atoms with Crippen molar-refractivity contribution in [3.8, 4) is 5.75 Å². The fourth-order valence-corrected chi connectivity index (χ4v) is 2.44. The summed E-state index contributed by atoms with van der Waals surface area (Å²) in [4.78, 5) is 22.9. The van der Waals surface area contributed by atoms with Gasteiger partial charge in [-0.15, -0.1) is 0 Å². The largest absolute Gasteiger partial charge is 0.478 e. The van der Waals surface area contributed by atoms with E-state index in [9.17, 15) is 9.59 Å². The summed E-state index contributed by atoms with van der Waals surface area (Å²) in [5.41, 5.74) is 0.150. The first-order valence-electron chi connectivity index (χ1n) is 5.41. The highest BCUT2D eigenvalue weighted by Gasteiger charge is 2.10. The molecule has 1 N–H and O–H groups in total. The number of carbonyl (C=O) groups is 2. The first-order chi connectivity index (χ1) is 9.20. The van der Waals surface area contributed by atoms with E-state index in [0.717, 1.165) is 4.90 Å². The number of carboxylic acid groups (broad SMARTS) is 1. The third-order valence-corrected chi connectivity index (χ3v) is 3.38. The van der Waals surface area contributed by atoms with Crippen LogP contribution in [0.25, 0.3) is 0 Å². The highest BCUT2D eigenvalue weighted by Crippen LogP contribution is 2.35. The van der Waals surface area contributed by atoms with E-state index in [1.165, 1.54) is 30.0 Å². The van der Waals surface area contributed by atoms with Crippen molar-refractivity contribution < 1.29 is 19.4 Å². The van der Waals surface area contributed by atoms with Crippen LogP contribution in [-0.4, -0.2) is 17.5 Å². The summed E-state index contributed by atoms with van der Waals surface area (Å²) >= 11 is 1.34. The maximum absolute atomic E-state index is 11.0. The molecule has 0 radical (unpaired) electrons. The Morgan fingerprint density at radius 2 is 1.89 bits per heavy atom. The van der Waals surface area contributed by atoms with Crippen LogP contribution in [0, 0.1) is 0 Å². The number of hydrogen-bond donors (Lipinski definition) is 1. The van der Waals surface area contributed by atoms with Crippen LogP contribution >= 0.6 is 11.8 Å². The van der Waals surface area contributed by atoms with E-state index in [1.54, 1.807) is 0 Å². The van der Waals surface area contributed by atoms with E-state index in [4.69, 9.17) is 9.84 Å². The fraction of sp³-hybridized carbons (Fsp3) is 0. The molecule has 0 amide bonds. The van der Waals surface area contributed by atoms with Crippen LogP contribution in [-0.2, 0) is 4.79 Å². The van der Waals surface area contributed by atoms with Gasteiger partial charge in [0.05, 0.1) is 10.5 Å². The number of carboxylic acids is 1. The van der Waals surface area contributed by atoms with Crippen LogP contribution in [0.2, 0.25) is 0 Å². The molecule has 0 spiro atoms. The van der Waals surface area contributed by atoms with Crippen LogP contribution in [0.1, 0.15) is 10.4 Å². The molecule has 0 fully saturated rings. The monoisotopic (exact) mass is 274 g/mol. The lowest BCUT2D eigenvalue weighted by Gasteiger charge is -2.08. The molecule has 96 valence electrons. The number of ether oxygens (including phenoxy) is 1. The third-order valence-electron chi connectivity index (χ3n) is 2.34. The fourth-order valence-electron chi connectivity index (χ4n) is 1.49. The minimum Gasteiger partial charge on any atom is -0.478 e. The van der Waals surface area contributed by atoms with Crippen molar-refractivity contribution in [3.63, 3.8) is 0 Å². The van der Waals surface area contributed by atoms with Crippen molar-refractivity contribution in [2.24, 2.45) is 0 Å². The highest BCUT2D eigenvalue weighted by molar-refractivity contribution is 7.99. The summed E-state index contributed by atoms with van der Waals surface area (Å²) in [6.07, 6.45) is 0. The van der Waals surface area contributed by atoms with E-state index >= 15 is 0 Å². The molecular weight excluding hydrogens is 264 g/mol. The molecule has 0 heterocycles. The molecular formula is C14H10O4S.